The van der Waals surface area contributed by atoms with Gasteiger partial charge in [-0.3, -0.25) is 4.79 Å². The first-order valence-corrected chi connectivity index (χ1v) is 5.19. The zero-order valence-electron chi connectivity index (χ0n) is 9.56. The largest absolute Gasteiger partial charge is 0.496 e. The molecule has 0 saturated carbocycles. The molecular formula is C12H17NO3. The van der Waals surface area contributed by atoms with Gasteiger partial charge in [-0.05, 0) is 13.0 Å². The van der Waals surface area contributed by atoms with Gasteiger partial charge in [0, 0.05) is 11.6 Å². The van der Waals surface area contributed by atoms with Crippen molar-refractivity contribution in [2.75, 3.05) is 13.7 Å². The summed E-state index contributed by atoms with van der Waals surface area (Å²) in [4.78, 5) is 11.6. The Bertz CT molecular complexity index is 352. The number of aliphatic hydroxyl groups is 1. The molecule has 4 heteroatoms. The number of carbonyl (C=O) groups excluding carboxylic acids is 1. The summed E-state index contributed by atoms with van der Waals surface area (Å²) in [6.45, 7) is 1.69. The molecule has 4 nitrogen and oxygen atoms in total. The van der Waals surface area contributed by atoms with E-state index < -0.39 is 0 Å². The predicted molar refractivity (Wildman–Crippen MR) is 61.4 cm³/mol. The highest BCUT2D eigenvalue weighted by Crippen LogP contribution is 2.17. The maximum Gasteiger partial charge on any atom is 0.224 e. The number of nitrogens with one attached hydrogen (secondary N) is 1. The fourth-order valence-corrected chi connectivity index (χ4v) is 1.39. The molecule has 0 fully saturated rings. The van der Waals surface area contributed by atoms with Crippen molar-refractivity contribution in [3.63, 3.8) is 0 Å². The summed E-state index contributed by atoms with van der Waals surface area (Å²) >= 11 is 0. The van der Waals surface area contributed by atoms with Crippen molar-refractivity contribution in [2.24, 2.45) is 0 Å². The number of para-hydroxylation sites is 1. The quantitative estimate of drug-likeness (QED) is 0.774. The lowest BCUT2D eigenvalue weighted by molar-refractivity contribution is -0.121. The highest BCUT2D eigenvalue weighted by Gasteiger charge is 2.09. The van der Waals surface area contributed by atoms with Crippen LogP contribution in [0.1, 0.15) is 12.5 Å². The standard InChI is InChI=1S/C12H17NO3/c1-9(8-14)13-12(15)7-10-5-3-4-6-11(10)16-2/h3-6,9,14H,7-8H2,1-2H3,(H,13,15)/t9-/m0/s1. The molecule has 0 radical (unpaired) electrons. The van der Waals surface area contributed by atoms with E-state index in [0.717, 1.165) is 5.56 Å². The first kappa shape index (κ1) is 12.5. The number of rotatable bonds is 5. The zero-order chi connectivity index (χ0) is 12.0. The van der Waals surface area contributed by atoms with Gasteiger partial charge in [0.2, 0.25) is 5.91 Å². The summed E-state index contributed by atoms with van der Waals surface area (Å²) < 4.78 is 5.15. The molecule has 88 valence electrons. The molecule has 0 aliphatic heterocycles. The fraction of sp³-hybridized carbons (Fsp3) is 0.417. The van der Waals surface area contributed by atoms with E-state index in [1.165, 1.54) is 0 Å². The highest BCUT2D eigenvalue weighted by molar-refractivity contribution is 5.79. The molecule has 1 aromatic carbocycles. The van der Waals surface area contributed by atoms with Crippen LogP contribution >= 0.6 is 0 Å². The molecule has 1 atom stereocenters. The van der Waals surface area contributed by atoms with Gasteiger partial charge in [0.25, 0.3) is 0 Å². The Kier molecular flexibility index (Phi) is 4.79. The summed E-state index contributed by atoms with van der Waals surface area (Å²) in [5.41, 5.74) is 0.840. The van der Waals surface area contributed by atoms with Crippen molar-refractivity contribution in [3.05, 3.63) is 29.8 Å². The van der Waals surface area contributed by atoms with Crippen molar-refractivity contribution in [2.45, 2.75) is 19.4 Å². The lowest BCUT2D eigenvalue weighted by atomic mass is 10.1. The van der Waals surface area contributed by atoms with Crippen LogP contribution in [-0.4, -0.2) is 30.8 Å². The minimum atomic E-state index is -0.220. The average Bonchev–Trinajstić information content (AvgIpc) is 2.29. The second-order valence-electron chi connectivity index (χ2n) is 3.64. The molecule has 0 heterocycles. The molecule has 2 N–H and O–H groups in total. The van der Waals surface area contributed by atoms with Crippen molar-refractivity contribution in [1.82, 2.24) is 5.32 Å². The van der Waals surface area contributed by atoms with E-state index in [4.69, 9.17) is 9.84 Å². The van der Waals surface area contributed by atoms with Crippen LogP contribution in [0.3, 0.4) is 0 Å². The van der Waals surface area contributed by atoms with Gasteiger partial charge in [-0.1, -0.05) is 18.2 Å². The van der Waals surface area contributed by atoms with Crippen LogP contribution in [0.4, 0.5) is 0 Å². The Morgan fingerprint density at radius 3 is 2.81 bits per heavy atom. The van der Waals surface area contributed by atoms with Crippen LogP contribution in [0.15, 0.2) is 24.3 Å². The third kappa shape index (κ3) is 3.55. The molecule has 0 aromatic heterocycles. The van der Waals surface area contributed by atoms with Crippen molar-refractivity contribution < 1.29 is 14.6 Å². The Balaban J connectivity index is 2.62. The summed E-state index contributed by atoms with van der Waals surface area (Å²) in [7, 11) is 1.58. The van der Waals surface area contributed by atoms with E-state index in [-0.39, 0.29) is 25.0 Å². The van der Waals surface area contributed by atoms with Crippen LogP contribution in [0, 0.1) is 0 Å². The Hall–Kier alpha value is -1.55. The van der Waals surface area contributed by atoms with Crippen molar-refractivity contribution >= 4 is 5.91 Å². The molecule has 0 aliphatic carbocycles. The number of aliphatic hydroxyl groups excluding tert-OH is 1. The summed E-state index contributed by atoms with van der Waals surface area (Å²) in [5.74, 6) is 0.584. The number of ether oxygens (including phenoxy) is 1. The highest BCUT2D eigenvalue weighted by atomic mass is 16.5. The second-order valence-corrected chi connectivity index (χ2v) is 3.64. The third-order valence-electron chi connectivity index (χ3n) is 2.22. The molecule has 0 spiro atoms. The molecule has 0 aliphatic rings. The van der Waals surface area contributed by atoms with Gasteiger partial charge in [0.1, 0.15) is 5.75 Å². The fourth-order valence-electron chi connectivity index (χ4n) is 1.39. The summed E-state index contributed by atoms with van der Waals surface area (Å²) in [6.07, 6.45) is 0.258. The Labute approximate surface area is 95.2 Å². The molecule has 1 aromatic rings. The van der Waals surface area contributed by atoms with Crippen molar-refractivity contribution in [1.29, 1.82) is 0 Å². The topological polar surface area (TPSA) is 58.6 Å². The molecule has 0 unspecified atom stereocenters. The van der Waals surface area contributed by atoms with E-state index in [1.807, 2.05) is 24.3 Å². The predicted octanol–water partition coefficient (Wildman–Crippen LogP) is 0.735. The van der Waals surface area contributed by atoms with Gasteiger partial charge in [-0.15, -0.1) is 0 Å². The molecule has 0 bridgehead atoms. The van der Waals surface area contributed by atoms with Gasteiger partial charge < -0.3 is 15.2 Å². The van der Waals surface area contributed by atoms with E-state index in [1.54, 1.807) is 14.0 Å². The number of methoxy groups -OCH3 is 1. The lowest BCUT2D eigenvalue weighted by Gasteiger charge is -2.12. The van der Waals surface area contributed by atoms with Crippen LogP contribution in [0.2, 0.25) is 0 Å². The lowest BCUT2D eigenvalue weighted by Crippen LogP contribution is -2.36. The first-order valence-electron chi connectivity index (χ1n) is 5.19. The SMILES string of the molecule is COc1ccccc1CC(=O)N[C@@H](C)CO. The summed E-state index contributed by atoms with van der Waals surface area (Å²) in [6, 6.07) is 7.17. The maximum atomic E-state index is 11.6. The second kappa shape index (κ2) is 6.12. The zero-order valence-corrected chi connectivity index (χ0v) is 9.56. The first-order chi connectivity index (χ1) is 7.67. The van der Waals surface area contributed by atoms with Gasteiger partial charge in [-0.25, -0.2) is 0 Å². The molecule has 0 saturated heterocycles. The Morgan fingerprint density at radius 1 is 1.50 bits per heavy atom. The number of hydrogen-bond donors (Lipinski definition) is 2. The molecular weight excluding hydrogens is 206 g/mol. The van der Waals surface area contributed by atoms with Gasteiger partial charge >= 0.3 is 0 Å². The number of benzene rings is 1. The minimum absolute atomic E-state index is 0.0579. The van der Waals surface area contributed by atoms with Crippen LogP contribution in [-0.2, 0) is 11.2 Å². The number of carbonyl (C=O) groups is 1. The normalized spacial score (nSPS) is 11.9. The van der Waals surface area contributed by atoms with E-state index in [2.05, 4.69) is 5.32 Å². The van der Waals surface area contributed by atoms with Crippen molar-refractivity contribution in [3.8, 4) is 5.75 Å². The van der Waals surface area contributed by atoms with E-state index in [9.17, 15) is 4.79 Å². The monoisotopic (exact) mass is 223 g/mol. The third-order valence-corrected chi connectivity index (χ3v) is 2.22. The van der Waals surface area contributed by atoms with Crippen LogP contribution < -0.4 is 10.1 Å². The van der Waals surface area contributed by atoms with Crippen LogP contribution in [0.25, 0.3) is 0 Å². The maximum absolute atomic E-state index is 11.6. The molecule has 1 amide bonds. The number of amides is 1. The van der Waals surface area contributed by atoms with E-state index >= 15 is 0 Å². The average molecular weight is 223 g/mol. The molecule has 1 rings (SSSR count). The smallest absolute Gasteiger partial charge is 0.224 e. The Morgan fingerprint density at radius 2 is 2.19 bits per heavy atom. The van der Waals surface area contributed by atoms with E-state index in [0.29, 0.717) is 5.75 Å². The van der Waals surface area contributed by atoms with Gasteiger partial charge in [0.05, 0.1) is 20.1 Å². The van der Waals surface area contributed by atoms with Gasteiger partial charge in [0.15, 0.2) is 0 Å². The summed E-state index contributed by atoms with van der Waals surface area (Å²) in [5, 5.41) is 11.5. The number of hydrogen-bond acceptors (Lipinski definition) is 3. The minimum Gasteiger partial charge on any atom is -0.496 e. The van der Waals surface area contributed by atoms with Gasteiger partial charge in [-0.2, -0.15) is 0 Å². The molecule has 16 heavy (non-hydrogen) atoms. The van der Waals surface area contributed by atoms with Crippen LogP contribution in [0.5, 0.6) is 5.75 Å².